The predicted molar refractivity (Wildman–Crippen MR) is 72.6 cm³/mol. The highest BCUT2D eigenvalue weighted by atomic mass is 32.2. The maximum atomic E-state index is 12.2. The van der Waals surface area contributed by atoms with E-state index >= 15 is 0 Å². The van der Waals surface area contributed by atoms with Gasteiger partial charge in [-0.3, -0.25) is 0 Å². The van der Waals surface area contributed by atoms with Crippen molar-refractivity contribution in [3.05, 3.63) is 29.8 Å². The van der Waals surface area contributed by atoms with Crippen molar-refractivity contribution in [3.63, 3.8) is 0 Å². The Labute approximate surface area is 112 Å². The van der Waals surface area contributed by atoms with Crippen LogP contribution in [-0.2, 0) is 10.0 Å². The molecule has 0 spiro atoms. The number of phenols is 1. The molecule has 1 unspecified atom stereocenters. The fourth-order valence-electron chi connectivity index (χ4n) is 2.64. The summed E-state index contributed by atoms with van der Waals surface area (Å²) >= 11 is 0. The second kappa shape index (κ2) is 4.52. The highest BCUT2D eigenvalue weighted by Crippen LogP contribution is 2.32. The molecule has 0 aliphatic carbocycles. The molecular weight excluding hydrogens is 264 g/mol. The van der Waals surface area contributed by atoms with Crippen LogP contribution in [0.1, 0.15) is 30.1 Å². The van der Waals surface area contributed by atoms with Crippen molar-refractivity contribution in [2.45, 2.75) is 24.5 Å². The topological polar surface area (TPSA) is 70.0 Å². The molecule has 2 heterocycles. The summed E-state index contributed by atoms with van der Waals surface area (Å²) in [5.41, 5.74) is 0.686. The number of sulfonamides is 1. The molecule has 3 rings (SSSR count). The molecule has 0 bridgehead atoms. The van der Waals surface area contributed by atoms with Gasteiger partial charge in [-0.15, -0.1) is 4.40 Å². The van der Waals surface area contributed by atoms with E-state index in [1.807, 2.05) is 0 Å². The van der Waals surface area contributed by atoms with Crippen molar-refractivity contribution in [2.24, 2.45) is 4.40 Å². The van der Waals surface area contributed by atoms with Gasteiger partial charge < -0.3 is 10.0 Å². The lowest BCUT2D eigenvalue weighted by molar-refractivity contribution is 0.359. The van der Waals surface area contributed by atoms with Gasteiger partial charge in [-0.2, -0.15) is 0 Å². The van der Waals surface area contributed by atoms with E-state index in [9.17, 15) is 13.5 Å². The fourth-order valence-corrected chi connectivity index (χ4v) is 4.14. The molecule has 1 aromatic carbocycles. The van der Waals surface area contributed by atoms with Crippen LogP contribution in [0.25, 0.3) is 0 Å². The third-order valence-electron chi connectivity index (χ3n) is 3.69. The van der Waals surface area contributed by atoms with Gasteiger partial charge in [0.05, 0.1) is 0 Å². The minimum absolute atomic E-state index is 0.138. The largest absolute Gasteiger partial charge is 0.508 e. The molecular formula is C13H16N2O3S. The van der Waals surface area contributed by atoms with Crippen LogP contribution in [0.4, 0.5) is 0 Å². The number of hydrogen-bond donors (Lipinski definition) is 1. The summed E-state index contributed by atoms with van der Waals surface area (Å²) in [5.74, 6) is 0.848. The summed E-state index contributed by atoms with van der Waals surface area (Å²) in [5, 5.41) is 8.66. The van der Waals surface area contributed by atoms with Crippen molar-refractivity contribution in [1.82, 2.24) is 4.90 Å². The lowest BCUT2D eigenvalue weighted by Gasteiger charge is -2.36. The van der Waals surface area contributed by atoms with E-state index in [2.05, 4.69) is 9.30 Å². The summed E-state index contributed by atoms with van der Waals surface area (Å²) in [7, 11) is -3.50. The number of fused-ring (bicyclic) bond motifs is 1. The van der Waals surface area contributed by atoms with Gasteiger partial charge in [0.1, 0.15) is 16.8 Å². The Kier molecular flexibility index (Phi) is 2.97. The Hall–Kier alpha value is -1.56. The fraction of sp³-hybridized carbons (Fsp3) is 0.462. The number of nitrogens with zero attached hydrogens (tertiary/aromatic N) is 2. The van der Waals surface area contributed by atoms with Crippen LogP contribution in [0.5, 0.6) is 5.75 Å². The van der Waals surface area contributed by atoms with Crippen LogP contribution >= 0.6 is 0 Å². The molecule has 0 amide bonds. The van der Waals surface area contributed by atoms with Gasteiger partial charge in [-0.05, 0) is 30.5 Å². The zero-order valence-electron chi connectivity index (χ0n) is 10.5. The molecule has 5 nitrogen and oxygen atoms in total. The average Bonchev–Trinajstić information content (AvgIpc) is 2.38. The number of phenolic OH excluding ortho intramolecular Hbond substituents is 1. The molecule has 1 fully saturated rings. The lowest BCUT2D eigenvalue weighted by Crippen LogP contribution is -2.44. The lowest BCUT2D eigenvalue weighted by atomic mass is 10.1. The zero-order valence-corrected chi connectivity index (χ0v) is 11.3. The zero-order chi connectivity index (χ0) is 13.5. The number of benzene rings is 1. The van der Waals surface area contributed by atoms with Gasteiger partial charge in [-0.1, -0.05) is 12.1 Å². The number of piperidine rings is 1. The Morgan fingerprint density at radius 1 is 1.21 bits per heavy atom. The monoisotopic (exact) mass is 280 g/mol. The van der Waals surface area contributed by atoms with Gasteiger partial charge in [-0.25, -0.2) is 8.42 Å². The summed E-state index contributed by atoms with van der Waals surface area (Å²) in [6, 6.07) is 6.34. The van der Waals surface area contributed by atoms with Crippen molar-refractivity contribution < 1.29 is 13.5 Å². The van der Waals surface area contributed by atoms with Crippen LogP contribution in [0.2, 0.25) is 0 Å². The van der Waals surface area contributed by atoms with Crippen molar-refractivity contribution in [3.8, 4) is 5.75 Å². The molecule has 1 N–H and O–H groups in total. The number of hydrogen-bond acceptors (Lipinski definition) is 4. The molecule has 1 aromatic rings. The SMILES string of the molecule is O=S1(=O)N=C2CCCCN2CC1c1ccc(O)cc1. The molecule has 0 saturated carbocycles. The molecule has 0 aromatic heterocycles. The second-order valence-corrected chi connectivity index (χ2v) is 6.79. The molecule has 1 atom stereocenters. The quantitative estimate of drug-likeness (QED) is 0.849. The first-order chi connectivity index (χ1) is 9.06. The van der Waals surface area contributed by atoms with E-state index in [4.69, 9.17) is 0 Å². The highest BCUT2D eigenvalue weighted by molar-refractivity contribution is 7.90. The molecule has 19 heavy (non-hydrogen) atoms. The van der Waals surface area contributed by atoms with Gasteiger partial charge in [0.2, 0.25) is 0 Å². The summed E-state index contributed by atoms with van der Waals surface area (Å²) in [4.78, 5) is 2.07. The van der Waals surface area contributed by atoms with Crippen LogP contribution in [0.15, 0.2) is 28.7 Å². The average molecular weight is 280 g/mol. The van der Waals surface area contributed by atoms with Gasteiger partial charge in [0.25, 0.3) is 10.0 Å². The van der Waals surface area contributed by atoms with E-state index < -0.39 is 15.3 Å². The Bertz CT molecular complexity index is 607. The van der Waals surface area contributed by atoms with Crippen molar-refractivity contribution >= 4 is 15.9 Å². The normalized spacial score (nSPS) is 25.6. The van der Waals surface area contributed by atoms with Gasteiger partial charge in [0, 0.05) is 19.5 Å². The molecule has 6 heteroatoms. The van der Waals surface area contributed by atoms with Gasteiger partial charge >= 0.3 is 0 Å². The van der Waals surface area contributed by atoms with E-state index in [1.54, 1.807) is 12.1 Å². The molecule has 1 saturated heterocycles. The van der Waals surface area contributed by atoms with Crippen molar-refractivity contribution in [2.75, 3.05) is 13.1 Å². The number of rotatable bonds is 1. The minimum Gasteiger partial charge on any atom is -0.508 e. The number of amidine groups is 1. The summed E-state index contributed by atoms with van der Waals surface area (Å²) in [6.07, 6.45) is 2.84. The molecule has 0 radical (unpaired) electrons. The summed E-state index contributed by atoms with van der Waals surface area (Å²) in [6.45, 7) is 1.34. The Morgan fingerprint density at radius 3 is 2.68 bits per heavy atom. The molecule has 2 aliphatic rings. The van der Waals surface area contributed by atoms with Crippen LogP contribution < -0.4 is 0 Å². The predicted octanol–water partition coefficient (Wildman–Crippen LogP) is 1.66. The van der Waals surface area contributed by atoms with Gasteiger partial charge in [0.15, 0.2) is 0 Å². The first-order valence-electron chi connectivity index (χ1n) is 6.43. The third-order valence-corrected chi connectivity index (χ3v) is 5.29. The van der Waals surface area contributed by atoms with E-state index in [0.717, 1.165) is 25.8 Å². The Morgan fingerprint density at radius 2 is 1.95 bits per heavy atom. The van der Waals surface area contributed by atoms with E-state index in [1.165, 1.54) is 12.1 Å². The second-order valence-electron chi connectivity index (χ2n) is 5.01. The third kappa shape index (κ3) is 2.32. The van der Waals surface area contributed by atoms with Crippen LogP contribution in [0.3, 0.4) is 0 Å². The van der Waals surface area contributed by atoms with E-state index in [-0.39, 0.29) is 5.75 Å². The number of aromatic hydroxyl groups is 1. The first kappa shape index (κ1) is 12.5. The minimum atomic E-state index is -3.50. The van der Waals surface area contributed by atoms with Crippen molar-refractivity contribution in [1.29, 1.82) is 0 Å². The smallest absolute Gasteiger partial charge is 0.263 e. The van der Waals surface area contributed by atoms with Crippen LogP contribution in [0, 0.1) is 0 Å². The Balaban J connectivity index is 1.98. The highest BCUT2D eigenvalue weighted by Gasteiger charge is 2.36. The van der Waals surface area contributed by atoms with Crippen LogP contribution in [-0.4, -0.2) is 37.3 Å². The standard InChI is InChI=1S/C13H16N2O3S/c16-11-6-4-10(5-7-11)12-9-15-8-2-1-3-13(15)14-19(12,17)18/h4-7,12,16H,1-3,8-9H2. The first-order valence-corrected chi connectivity index (χ1v) is 7.93. The summed E-state index contributed by atoms with van der Waals surface area (Å²) < 4.78 is 28.5. The molecule has 2 aliphatic heterocycles. The van der Waals surface area contributed by atoms with E-state index in [0.29, 0.717) is 17.9 Å². The maximum absolute atomic E-state index is 12.2. The molecule has 102 valence electrons. The maximum Gasteiger partial charge on any atom is 0.263 e.